The van der Waals surface area contributed by atoms with Crippen LogP contribution in [0.2, 0.25) is 5.02 Å². The van der Waals surface area contributed by atoms with Crippen LogP contribution in [-0.2, 0) is 13.5 Å². The molecule has 0 unspecified atom stereocenters. The predicted molar refractivity (Wildman–Crippen MR) is 69.4 cm³/mol. The first-order valence-corrected chi connectivity index (χ1v) is 5.85. The van der Waals surface area contributed by atoms with Gasteiger partial charge in [0.25, 0.3) is 0 Å². The quantitative estimate of drug-likeness (QED) is 0.914. The molecule has 2 aromatic rings. The summed E-state index contributed by atoms with van der Waals surface area (Å²) in [4.78, 5) is 4.13. The Balaban J connectivity index is 1.92. The number of aryl methyl sites for hydroxylation is 1. The van der Waals surface area contributed by atoms with Gasteiger partial charge in [0, 0.05) is 20.0 Å². The molecule has 0 radical (unpaired) electrons. The molecule has 1 heterocycles. The molecular weight excluding hydrogens is 250 g/mol. The fourth-order valence-electron chi connectivity index (χ4n) is 1.54. The maximum absolute atomic E-state index is 8.73. The van der Waals surface area contributed by atoms with Gasteiger partial charge in [-0.15, -0.1) is 0 Å². The van der Waals surface area contributed by atoms with Crippen LogP contribution in [0.15, 0.2) is 24.5 Å². The molecule has 0 amide bonds. The lowest BCUT2D eigenvalue weighted by Gasteiger charge is -2.07. The highest BCUT2D eigenvalue weighted by molar-refractivity contribution is 6.33. The molecule has 0 aliphatic carbocycles. The topological polar surface area (TPSA) is 66.5 Å². The van der Waals surface area contributed by atoms with E-state index in [1.54, 1.807) is 29.2 Å². The van der Waals surface area contributed by atoms with Gasteiger partial charge in [0.1, 0.15) is 6.33 Å². The monoisotopic (exact) mass is 261 g/mol. The second-order valence-electron chi connectivity index (χ2n) is 3.82. The van der Waals surface area contributed by atoms with Gasteiger partial charge in [-0.25, -0.2) is 4.98 Å². The first kappa shape index (κ1) is 12.4. The van der Waals surface area contributed by atoms with Crippen molar-refractivity contribution in [2.24, 2.45) is 7.05 Å². The number of nitriles is 1. The van der Waals surface area contributed by atoms with Crippen molar-refractivity contribution >= 4 is 17.3 Å². The first-order chi connectivity index (χ1) is 8.69. The molecule has 0 spiro atoms. The first-order valence-electron chi connectivity index (χ1n) is 5.47. The molecule has 18 heavy (non-hydrogen) atoms. The molecule has 2 rings (SSSR count). The molecule has 1 aromatic heterocycles. The van der Waals surface area contributed by atoms with E-state index in [0.29, 0.717) is 17.1 Å². The zero-order valence-electron chi connectivity index (χ0n) is 9.89. The Hall–Kier alpha value is -2.06. The fraction of sp³-hybridized carbons (Fsp3) is 0.250. The molecule has 0 fully saturated rings. The van der Waals surface area contributed by atoms with Crippen molar-refractivity contribution in [2.45, 2.75) is 6.42 Å². The number of hydrogen-bond donors (Lipinski definition) is 1. The van der Waals surface area contributed by atoms with Crippen molar-refractivity contribution in [2.75, 3.05) is 11.9 Å². The third-order valence-electron chi connectivity index (χ3n) is 2.41. The van der Waals surface area contributed by atoms with Crippen LogP contribution >= 0.6 is 11.6 Å². The Morgan fingerprint density at radius 3 is 2.94 bits per heavy atom. The molecule has 6 heteroatoms. The third kappa shape index (κ3) is 2.99. The van der Waals surface area contributed by atoms with Crippen LogP contribution < -0.4 is 5.32 Å². The Morgan fingerprint density at radius 1 is 1.50 bits per heavy atom. The largest absolute Gasteiger partial charge is 0.383 e. The molecule has 0 aliphatic rings. The maximum Gasteiger partial charge on any atom is 0.152 e. The van der Waals surface area contributed by atoms with Crippen molar-refractivity contribution < 1.29 is 0 Å². The van der Waals surface area contributed by atoms with Crippen LogP contribution in [-0.4, -0.2) is 21.3 Å². The molecule has 92 valence electrons. The smallest absolute Gasteiger partial charge is 0.152 e. The lowest BCUT2D eigenvalue weighted by molar-refractivity contribution is 0.742. The highest BCUT2D eigenvalue weighted by Crippen LogP contribution is 2.22. The van der Waals surface area contributed by atoms with E-state index < -0.39 is 0 Å². The third-order valence-corrected chi connectivity index (χ3v) is 2.72. The average Bonchev–Trinajstić information content (AvgIpc) is 2.77. The minimum atomic E-state index is 0.544. The summed E-state index contributed by atoms with van der Waals surface area (Å²) in [5.74, 6) is 0.787. The maximum atomic E-state index is 8.73. The zero-order chi connectivity index (χ0) is 13.0. The summed E-state index contributed by atoms with van der Waals surface area (Å²) in [6.07, 6.45) is 2.39. The molecule has 0 saturated carbocycles. The van der Waals surface area contributed by atoms with E-state index in [-0.39, 0.29) is 0 Å². The van der Waals surface area contributed by atoms with E-state index in [4.69, 9.17) is 16.9 Å². The van der Waals surface area contributed by atoms with Gasteiger partial charge in [-0.05, 0) is 18.2 Å². The number of benzene rings is 1. The second-order valence-corrected chi connectivity index (χ2v) is 4.22. The molecule has 0 atom stereocenters. The van der Waals surface area contributed by atoms with Gasteiger partial charge < -0.3 is 5.32 Å². The Morgan fingerprint density at radius 2 is 2.33 bits per heavy atom. The van der Waals surface area contributed by atoms with Gasteiger partial charge >= 0.3 is 0 Å². The Labute approximate surface area is 110 Å². The van der Waals surface area contributed by atoms with Crippen molar-refractivity contribution in [3.8, 4) is 6.07 Å². The lowest BCUT2D eigenvalue weighted by atomic mass is 10.2. The molecular formula is C12H12ClN5. The van der Waals surface area contributed by atoms with E-state index in [0.717, 1.165) is 17.9 Å². The van der Waals surface area contributed by atoms with E-state index in [1.807, 2.05) is 13.1 Å². The number of nitrogens with one attached hydrogen (secondary N) is 1. The van der Waals surface area contributed by atoms with Crippen LogP contribution in [0.3, 0.4) is 0 Å². The van der Waals surface area contributed by atoms with Crippen LogP contribution in [0.1, 0.15) is 11.4 Å². The van der Waals surface area contributed by atoms with Gasteiger partial charge in [0.2, 0.25) is 0 Å². The summed E-state index contributed by atoms with van der Waals surface area (Å²) in [5, 5.41) is 16.6. The molecule has 0 aliphatic heterocycles. The molecule has 0 bridgehead atoms. The summed E-state index contributed by atoms with van der Waals surface area (Å²) in [6.45, 7) is 0.690. The van der Waals surface area contributed by atoms with Crippen LogP contribution in [0, 0.1) is 11.3 Å². The standard InChI is InChI=1S/C12H12ClN5/c1-18-8-16-12(17-18)4-5-15-11-3-2-9(7-14)6-10(11)13/h2-3,6,8,15H,4-5H2,1H3. The number of anilines is 1. The van der Waals surface area contributed by atoms with Gasteiger partial charge in [-0.2, -0.15) is 10.4 Å². The average molecular weight is 262 g/mol. The van der Waals surface area contributed by atoms with E-state index in [2.05, 4.69) is 15.4 Å². The highest BCUT2D eigenvalue weighted by atomic mass is 35.5. The Kier molecular flexibility index (Phi) is 3.80. The van der Waals surface area contributed by atoms with Gasteiger partial charge in [-0.1, -0.05) is 11.6 Å². The van der Waals surface area contributed by atoms with Crippen LogP contribution in [0.25, 0.3) is 0 Å². The normalized spacial score (nSPS) is 10.1. The van der Waals surface area contributed by atoms with E-state index >= 15 is 0 Å². The van der Waals surface area contributed by atoms with Crippen molar-refractivity contribution in [3.63, 3.8) is 0 Å². The molecule has 1 aromatic carbocycles. The molecule has 5 nitrogen and oxygen atoms in total. The van der Waals surface area contributed by atoms with Gasteiger partial charge in [0.15, 0.2) is 5.82 Å². The van der Waals surface area contributed by atoms with Crippen molar-refractivity contribution in [3.05, 3.63) is 40.9 Å². The summed E-state index contributed by atoms with van der Waals surface area (Å²) in [5.41, 5.74) is 1.36. The number of rotatable bonds is 4. The minimum Gasteiger partial charge on any atom is -0.383 e. The van der Waals surface area contributed by atoms with Gasteiger partial charge in [0.05, 0.1) is 22.3 Å². The predicted octanol–water partition coefficient (Wildman–Crippen LogP) is 1.99. The van der Waals surface area contributed by atoms with Crippen LogP contribution in [0.4, 0.5) is 5.69 Å². The van der Waals surface area contributed by atoms with Crippen LogP contribution in [0.5, 0.6) is 0 Å². The second kappa shape index (κ2) is 5.52. The molecule has 1 N–H and O–H groups in total. The summed E-state index contributed by atoms with van der Waals surface area (Å²) >= 11 is 6.05. The lowest BCUT2D eigenvalue weighted by Crippen LogP contribution is -2.06. The SMILES string of the molecule is Cn1cnc(CCNc2ccc(C#N)cc2Cl)n1. The van der Waals surface area contributed by atoms with E-state index in [1.165, 1.54) is 0 Å². The fourth-order valence-corrected chi connectivity index (χ4v) is 1.78. The number of nitrogens with zero attached hydrogens (tertiary/aromatic N) is 4. The number of aromatic nitrogens is 3. The summed E-state index contributed by atoms with van der Waals surface area (Å²) < 4.78 is 1.67. The van der Waals surface area contributed by atoms with Crippen molar-refractivity contribution in [1.29, 1.82) is 5.26 Å². The number of hydrogen-bond acceptors (Lipinski definition) is 4. The number of halogens is 1. The molecule has 0 saturated heterocycles. The highest BCUT2D eigenvalue weighted by Gasteiger charge is 2.02. The minimum absolute atomic E-state index is 0.544. The summed E-state index contributed by atoms with van der Waals surface area (Å²) in [6, 6.07) is 7.21. The van der Waals surface area contributed by atoms with Gasteiger partial charge in [-0.3, -0.25) is 4.68 Å². The van der Waals surface area contributed by atoms with Crippen molar-refractivity contribution in [1.82, 2.24) is 14.8 Å². The summed E-state index contributed by atoms with van der Waals surface area (Å²) in [7, 11) is 1.83. The Bertz CT molecular complexity index is 584. The van der Waals surface area contributed by atoms with E-state index in [9.17, 15) is 0 Å². The zero-order valence-corrected chi connectivity index (χ0v) is 10.6.